The lowest BCUT2D eigenvalue weighted by Gasteiger charge is -2.37. The van der Waals surface area contributed by atoms with Crippen molar-refractivity contribution < 1.29 is 4.79 Å². The summed E-state index contributed by atoms with van der Waals surface area (Å²) in [6.45, 7) is 6.66. The third-order valence-corrected chi connectivity index (χ3v) is 3.38. The quantitative estimate of drug-likeness (QED) is 0.455. The highest BCUT2D eigenvalue weighted by Gasteiger charge is 2.32. The first-order valence-electron chi connectivity index (χ1n) is 4.70. The van der Waals surface area contributed by atoms with Gasteiger partial charge in [0.05, 0.1) is 0 Å². The normalized spacial score (nSPS) is 27.9. The molecule has 1 nitrogen and oxygen atoms in total. The second-order valence-corrected chi connectivity index (χ2v) is 4.29. The van der Waals surface area contributed by atoms with E-state index in [4.69, 9.17) is 0 Å². The van der Waals surface area contributed by atoms with Gasteiger partial charge in [-0.2, -0.15) is 0 Å². The predicted octanol–water partition coefficient (Wildman–Crippen LogP) is 2.96. The van der Waals surface area contributed by atoms with E-state index in [-0.39, 0.29) is 5.41 Å². The molecule has 1 aliphatic rings. The zero-order chi connectivity index (χ0) is 9.19. The molecule has 0 bridgehead atoms. The van der Waals surface area contributed by atoms with Crippen LogP contribution in [0.2, 0.25) is 0 Å². The van der Waals surface area contributed by atoms with Crippen molar-refractivity contribution >= 4 is 6.29 Å². The Morgan fingerprint density at radius 2 is 2.33 bits per heavy atom. The Morgan fingerprint density at radius 3 is 2.92 bits per heavy atom. The molecule has 0 aliphatic heterocycles. The van der Waals surface area contributed by atoms with E-state index in [9.17, 15) is 4.79 Å². The van der Waals surface area contributed by atoms with E-state index in [2.05, 4.69) is 26.8 Å². The van der Waals surface area contributed by atoms with Crippen LogP contribution in [0.15, 0.2) is 11.6 Å². The summed E-state index contributed by atoms with van der Waals surface area (Å²) in [5.41, 5.74) is 1.68. The SMILES string of the molecule is CC1=CCC[C@H](CC=O)C1(C)C. The summed E-state index contributed by atoms with van der Waals surface area (Å²) in [6.07, 6.45) is 6.40. The highest BCUT2D eigenvalue weighted by molar-refractivity contribution is 5.50. The molecule has 0 aromatic carbocycles. The zero-order valence-corrected chi connectivity index (χ0v) is 8.26. The first-order valence-corrected chi connectivity index (χ1v) is 4.70. The predicted molar refractivity (Wildman–Crippen MR) is 50.9 cm³/mol. The molecule has 0 unspecified atom stereocenters. The Hall–Kier alpha value is -0.590. The van der Waals surface area contributed by atoms with Gasteiger partial charge in [0.25, 0.3) is 0 Å². The Bertz CT molecular complexity index is 201. The van der Waals surface area contributed by atoms with Crippen LogP contribution in [0.1, 0.15) is 40.0 Å². The Morgan fingerprint density at radius 1 is 1.67 bits per heavy atom. The molecule has 0 aromatic rings. The fraction of sp³-hybridized carbons (Fsp3) is 0.727. The number of carbonyl (C=O) groups excluding carboxylic acids is 1. The summed E-state index contributed by atoms with van der Waals surface area (Å²) < 4.78 is 0. The van der Waals surface area contributed by atoms with Crippen LogP contribution in [-0.4, -0.2) is 6.29 Å². The maximum atomic E-state index is 10.4. The summed E-state index contributed by atoms with van der Waals surface area (Å²) in [5, 5.41) is 0. The number of rotatable bonds is 2. The van der Waals surface area contributed by atoms with Crippen LogP contribution in [0.3, 0.4) is 0 Å². The third-order valence-electron chi connectivity index (χ3n) is 3.38. The van der Waals surface area contributed by atoms with Crippen LogP contribution >= 0.6 is 0 Å². The van der Waals surface area contributed by atoms with Crippen LogP contribution in [0.5, 0.6) is 0 Å². The van der Waals surface area contributed by atoms with Crippen molar-refractivity contribution in [2.45, 2.75) is 40.0 Å². The summed E-state index contributed by atoms with van der Waals surface area (Å²) in [5.74, 6) is 0.556. The van der Waals surface area contributed by atoms with Gasteiger partial charge < -0.3 is 4.79 Å². The van der Waals surface area contributed by atoms with Crippen LogP contribution < -0.4 is 0 Å². The first-order chi connectivity index (χ1) is 5.59. The lowest BCUT2D eigenvalue weighted by molar-refractivity contribution is -0.109. The van der Waals surface area contributed by atoms with Gasteiger partial charge >= 0.3 is 0 Å². The molecule has 1 aliphatic carbocycles. The topological polar surface area (TPSA) is 17.1 Å². The number of allylic oxidation sites excluding steroid dienone is 2. The highest BCUT2D eigenvalue weighted by Crippen LogP contribution is 2.42. The molecule has 68 valence electrons. The molecule has 0 amide bonds. The average Bonchev–Trinajstić information content (AvgIpc) is 2.00. The van der Waals surface area contributed by atoms with Crippen LogP contribution in [0.4, 0.5) is 0 Å². The monoisotopic (exact) mass is 166 g/mol. The lowest BCUT2D eigenvalue weighted by atomic mass is 9.67. The standard InChI is InChI=1S/C11H18O/c1-9-5-4-6-10(7-8-12)11(9,2)3/h5,8,10H,4,6-7H2,1-3H3/t10-/m1/s1. The molecule has 1 heteroatoms. The zero-order valence-electron chi connectivity index (χ0n) is 8.26. The molecule has 0 radical (unpaired) electrons. The molecular formula is C11H18O. The van der Waals surface area contributed by atoms with E-state index in [0.717, 1.165) is 19.1 Å². The van der Waals surface area contributed by atoms with E-state index in [1.807, 2.05) is 0 Å². The Labute approximate surface area is 74.9 Å². The maximum absolute atomic E-state index is 10.4. The van der Waals surface area contributed by atoms with Crippen molar-refractivity contribution in [3.05, 3.63) is 11.6 Å². The molecule has 1 rings (SSSR count). The number of hydrogen-bond acceptors (Lipinski definition) is 1. The number of hydrogen-bond donors (Lipinski definition) is 0. The van der Waals surface area contributed by atoms with Gasteiger partial charge in [0.1, 0.15) is 6.29 Å². The summed E-state index contributed by atoms with van der Waals surface area (Å²) >= 11 is 0. The van der Waals surface area contributed by atoms with Gasteiger partial charge in [-0.25, -0.2) is 0 Å². The smallest absolute Gasteiger partial charge is 0.120 e. The van der Waals surface area contributed by atoms with Gasteiger partial charge in [0.2, 0.25) is 0 Å². The van der Waals surface area contributed by atoms with Crippen molar-refractivity contribution in [2.75, 3.05) is 0 Å². The van der Waals surface area contributed by atoms with Crippen LogP contribution in [0, 0.1) is 11.3 Å². The molecule has 0 heterocycles. The van der Waals surface area contributed by atoms with Crippen LogP contribution in [-0.2, 0) is 4.79 Å². The van der Waals surface area contributed by atoms with Crippen molar-refractivity contribution in [1.29, 1.82) is 0 Å². The molecule has 0 aromatic heterocycles. The minimum absolute atomic E-state index is 0.235. The van der Waals surface area contributed by atoms with Crippen molar-refractivity contribution in [1.82, 2.24) is 0 Å². The van der Waals surface area contributed by atoms with Crippen molar-refractivity contribution in [3.8, 4) is 0 Å². The molecule has 0 spiro atoms. The number of aldehydes is 1. The largest absolute Gasteiger partial charge is 0.303 e. The van der Waals surface area contributed by atoms with E-state index < -0.39 is 0 Å². The minimum atomic E-state index is 0.235. The third kappa shape index (κ3) is 1.60. The highest BCUT2D eigenvalue weighted by atomic mass is 16.1. The summed E-state index contributed by atoms with van der Waals surface area (Å²) in [4.78, 5) is 10.4. The summed E-state index contributed by atoms with van der Waals surface area (Å²) in [6, 6.07) is 0. The van der Waals surface area contributed by atoms with E-state index in [1.165, 1.54) is 12.0 Å². The van der Waals surface area contributed by atoms with E-state index >= 15 is 0 Å². The molecule has 12 heavy (non-hydrogen) atoms. The Kier molecular flexibility index (Phi) is 2.71. The molecule has 1 atom stereocenters. The number of carbonyl (C=O) groups is 1. The van der Waals surface area contributed by atoms with Gasteiger partial charge in [0.15, 0.2) is 0 Å². The fourth-order valence-electron chi connectivity index (χ4n) is 1.98. The van der Waals surface area contributed by atoms with Gasteiger partial charge in [-0.3, -0.25) is 0 Å². The van der Waals surface area contributed by atoms with Gasteiger partial charge in [-0.05, 0) is 31.1 Å². The molecule has 0 N–H and O–H groups in total. The average molecular weight is 166 g/mol. The minimum Gasteiger partial charge on any atom is -0.303 e. The van der Waals surface area contributed by atoms with Gasteiger partial charge in [-0.1, -0.05) is 25.5 Å². The molecule has 0 saturated carbocycles. The van der Waals surface area contributed by atoms with E-state index in [1.54, 1.807) is 0 Å². The van der Waals surface area contributed by atoms with Crippen molar-refractivity contribution in [3.63, 3.8) is 0 Å². The second kappa shape index (κ2) is 3.42. The van der Waals surface area contributed by atoms with Gasteiger partial charge in [-0.15, -0.1) is 0 Å². The molecular weight excluding hydrogens is 148 g/mol. The molecule has 0 fully saturated rings. The fourth-order valence-corrected chi connectivity index (χ4v) is 1.98. The first kappa shape index (κ1) is 9.50. The van der Waals surface area contributed by atoms with Crippen molar-refractivity contribution in [2.24, 2.45) is 11.3 Å². The summed E-state index contributed by atoms with van der Waals surface area (Å²) in [7, 11) is 0. The molecule has 0 saturated heterocycles. The lowest BCUT2D eigenvalue weighted by Crippen LogP contribution is -2.28. The second-order valence-electron chi connectivity index (χ2n) is 4.29. The van der Waals surface area contributed by atoms with Crippen LogP contribution in [0.25, 0.3) is 0 Å². The Balaban J connectivity index is 2.78. The van der Waals surface area contributed by atoms with Gasteiger partial charge in [0, 0.05) is 6.42 Å². The van der Waals surface area contributed by atoms with E-state index in [0.29, 0.717) is 5.92 Å². The maximum Gasteiger partial charge on any atom is 0.120 e.